The summed E-state index contributed by atoms with van der Waals surface area (Å²) in [7, 11) is 0. The van der Waals surface area contributed by atoms with Crippen LogP contribution < -0.4 is 0 Å². The molecule has 0 saturated carbocycles. The summed E-state index contributed by atoms with van der Waals surface area (Å²) in [4.78, 5) is 20.1. The molecule has 0 spiro atoms. The molecule has 0 unspecified atom stereocenters. The predicted octanol–water partition coefficient (Wildman–Crippen LogP) is -0.743. The van der Waals surface area contributed by atoms with Crippen molar-refractivity contribution >= 4 is 70.7 Å². The van der Waals surface area contributed by atoms with Gasteiger partial charge in [-0.25, -0.2) is 0 Å². The zero-order valence-corrected chi connectivity index (χ0v) is 4.52. The Balaban J connectivity index is -0.000000180. The predicted molar refractivity (Wildman–Crippen MR) is 40.3 cm³/mol. The average Bonchev–Trinajstić information content (AvgIpc) is 1.27. The van der Waals surface area contributed by atoms with Gasteiger partial charge < -0.3 is 0 Å². The summed E-state index contributed by atoms with van der Waals surface area (Å²) >= 11 is 0. The van der Waals surface area contributed by atoms with E-state index in [2.05, 4.69) is 0 Å². The molecule has 0 fully saturated rings. The van der Waals surface area contributed by atoms with Crippen molar-refractivity contribution < 1.29 is 9.59 Å². The molecular formula is C5H10Na2O2. The maximum absolute atomic E-state index is 10.0. The first-order valence-corrected chi connectivity index (χ1v) is 2.12. The van der Waals surface area contributed by atoms with Crippen LogP contribution in [-0.2, 0) is 9.59 Å². The number of Topliss-reactive ketones (excluding diaryl/α,β-unsaturated/α-hetero) is 2. The molecule has 0 aliphatic rings. The molecule has 0 rings (SSSR count). The first-order chi connectivity index (χ1) is 3.13. The molecular weight excluding hydrogens is 138 g/mol. The zero-order chi connectivity index (χ0) is 5.86. The van der Waals surface area contributed by atoms with Gasteiger partial charge in [0.25, 0.3) is 0 Å². The molecule has 9 heavy (non-hydrogen) atoms. The van der Waals surface area contributed by atoms with E-state index in [0.29, 0.717) is 0 Å². The van der Waals surface area contributed by atoms with E-state index in [9.17, 15) is 9.59 Å². The molecule has 0 aromatic rings. The summed E-state index contributed by atoms with van der Waals surface area (Å²) in [6.07, 6.45) is 0.0833. The third kappa shape index (κ3) is 17.6. The Bertz CT molecular complexity index is 89.1. The van der Waals surface area contributed by atoms with Crippen molar-refractivity contribution in [1.82, 2.24) is 0 Å². The Morgan fingerprint density at radius 3 is 1.22 bits per heavy atom. The van der Waals surface area contributed by atoms with E-state index in [1.807, 2.05) is 0 Å². The van der Waals surface area contributed by atoms with Crippen molar-refractivity contribution in [2.45, 2.75) is 20.3 Å². The molecule has 0 N–H and O–H groups in total. The van der Waals surface area contributed by atoms with E-state index >= 15 is 0 Å². The fraction of sp³-hybridized carbons (Fsp3) is 0.600. The minimum absolute atomic E-state index is 0. The van der Waals surface area contributed by atoms with Crippen LogP contribution in [0, 0.1) is 0 Å². The third-order valence-corrected chi connectivity index (χ3v) is 0.498. The van der Waals surface area contributed by atoms with Crippen molar-refractivity contribution in [3.05, 3.63) is 0 Å². The van der Waals surface area contributed by atoms with Crippen LogP contribution in [0.1, 0.15) is 20.3 Å². The van der Waals surface area contributed by atoms with Crippen LogP contribution in [0.25, 0.3) is 0 Å². The van der Waals surface area contributed by atoms with Gasteiger partial charge in [-0.15, -0.1) is 0 Å². The van der Waals surface area contributed by atoms with Crippen LogP contribution >= 0.6 is 0 Å². The van der Waals surface area contributed by atoms with Gasteiger partial charge in [-0.05, 0) is 13.8 Å². The van der Waals surface area contributed by atoms with Gasteiger partial charge >= 0.3 is 59.1 Å². The molecule has 0 aliphatic heterocycles. The van der Waals surface area contributed by atoms with Crippen LogP contribution in [0.3, 0.4) is 0 Å². The molecule has 0 aliphatic carbocycles. The standard InChI is InChI=1S/C5H8O2.2Na.2H/c1-4(6)3-5(2)7;;;;/h3H2,1-2H3;;;;. The monoisotopic (exact) mass is 148 g/mol. The summed E-state index contributed by atoms with van der Waals surface area (Å²) in [5.41, 5.74) is 0. The van der Waals surface area contributed by atoms with Crippen LogP contribution in [0.4, 0.5) is 0 Å². The first kappa shape index (κ1) is 16.7. The molecule has 44 valence electrons. The number of rotatable bonds is 2. The average molecular weight is 148 g/mol. The molecule has 0 aromatic carbocycles. The fourth-order valence-corrected chi connectivity index (χ4v) is 0.351. The van der Waals surface area contributed by atoms with Crippen molar-refractivity contribution in [3.63, 3.8) is 0 Å². The molecule has 0 aromatic heterocycles. The fourth-order valence-electron chi connectivity index (χ4n) is 0.351. The van der Waals surface area contributed by atoms with Crippen LogP contribution in [0.2, 0.25) is 0 Å². The van der Waals surface area contributed by atoms with Gasteiger partial charge in [0, 0.05) is 0 Å². The van der Waals surface area contributed by atoms with E-state index in [1.54, 1.807) is 0 Å². The van der Waals surface area contributed by atoms with Crippen molar-refractivity contribution in [1.29, 1.82) is 0 Å². The number of ketones is 2. The molecule has 0 amide bonds. The SMILES string of the molecule is CC(=O)CC(C)=O.[NaH].[NaH]. The van der Waals surface area contributed by atoms with E-state index in [-0.39, 0.29) is 77.1 Å². The van der Waals surface area contributed by atoms with Gasteiger partial charge in [0.05, 0.1) is 6.42 Å². The summed E-state index contributed by atoms with van der Waals surface area (Å²) in [5.74, 6) is -0.125. The minimum atomic E-state index is -0.0625. The zero-order valence-electron chi connectivity index (χ0n) is 4.52. The number of hydrogen-bond donors (Lipinski definition) is 0. The number of hydrogen-bond acceptors (Lipinski definition) is 2. The Hall–Kier alpha value is 1.34. The molecule has 0 heterocycles. The normalized spacial score (nSPS) is 6.44. The van der Waals surface area contributed by atoms with Gasteiger partial charge in [-0.1, -0.05) is 0 Å². The van der Waals surface area contributed by atoms with E-state index in [0.717, 1.165) is 0 Å². The maximum atomic E-state index is 10.0. The van der Waals surface area contributed by atoms with Crippen LogP contribution in [-0.4, -0.2) is 70.7 Å². The Morgan fingerprint density at radius 1 is 1.00 bits per heavy atom. The second-order valence-corrected chi connectivity index (χ2v) is 1.58. The van der Waals surface area contributed by atoms with E-state index in [4.69, 9.17) is 0 Å². The summed E-state index contributed by atoms with van der Waals surface area (Å²) in [6, 6.07) is 0. The van der Waals surface area contributed by atoms with Crippen molar-refractivity contribution in [2.75, 3.05) is 0 Å². The van der Waals surface area contributed by atoms with E-state index < -0.39 is 0 Å². The molecule has 0 atom stereocenters. The van der Waals surface area contributed by atoms with Crippen LogP contribution in [0.5, 0.6) is 0 Å². The van der Waals surface area contributed by atoms with Crippen LogP contribution in [0.15, 0.2) is 0 Å². The molecule has 0 saturated heterocycles. The molecule has 4 heteroatoms. The summed E-state index contributed by atoms with van der Waals surface area (Å²) in [5, 5.41) is 0. The third-order valence-electron chi connectivity index (χ3n) is 0.498. The van der Waals surface area contributed by atoms with Gasteiger partial charge in [0.2, 0.25) is 0 Å². The first-order valence-electron chi connectivity index (χ1n) is 2.12. The van der Waals surface area contributed by atoms with Gasteiger partial charge in [-0.3, -0.25) is 9.59 Å². The Morgan fingerprint density at radius 2 is 1.22 bits per heavy atom. The molecule has 2 nitrogen and oxygen atoms in total. The van der Waals surface area contributed by atoms with Crippen molar-refractivity contribution in [3.8, 4) is 0 Å². The van der Waals surface area contributed by atoms with Crippen molar-refractivity contribution in [2.24, 2.45) is 0 Å². The summed E-state index contributed by atoms with van der Waals surface area (Å²) < 4.78 is 0. The molecule has 0 bridgehead atoms. The Labute approximate surface area is 99.3 Å². The van der Waals surface area contributed by atoms with Gasteiger partial charge in [0.15, 0.2) is 0 Å². The second-order valence-electron chi connectivity index (χ2n) is 1.58. The molecule has 0 radical (unpaired) electrons. The summed E-state index contributed by atoms with van der Waals surface area (Å²) in [6.45, 7) is 2.81. The van der Waals surface area contributed by atoms with Gasteiger partial charge in [0.1, 0.15) is 11.6 Å². The van der Waals surface area contributed by atoms with E-state index in [1.165, 1.54) is 13.8 Å². The topological polar surface area (TPSA) is 34.1 Å². The second kappa shape index (κ2) is 9.34. The van der Waals surface area contributed by atoms with Gasteiger partial charge in [-0.2, -0.15) is 0 Å². The quantitative estimate of drug-likeness (QED) is 0.381. The number of carbonyl (C=O) groups excluding carboxylic acids is 2. The Kier molecular flexibility index (Phi) is 17.4. The number of carbonyl (C=O) groups is 2.